The molecule has 17 heavy (non-hydrogen) atoms. The minimum Gasteiger partial charge on any atom is -0.465 e. The van der Waals surface area contributed by atoms with Gasteiger partial charge in [0.25, 0.3) is 0 Å². The quantitative estimate of drug-likeness (QED) is 0.741. The Morgan fingerprint density at radius 2 is 1.88 bits per heavy atom. The molecular weight excluding hydrogens is 220 g/mol. The molecule has 1 aromatic carbocycles. The van der Waals surface area contributed by atoms with Crippen LogP contribution in [-0.2, 0) is 4.74 Å². The Labute approximate surface area is 97.5 Å². The summed E-state index contributed by atoms with van der Waals surface area (Å²) in [6, 6.07) is 10.1. The SMILES string of the molecule is COC(=O)c1c(-c2ccccc2)occc1=O. The number of methoxy groups -OCH3 is 1. The molecule has 0 fully saturated rings. The van der Waals surface area contributed by atoms with Gasteiger partial charge >= 0.3 is 5.97 Å². The van der Waals surface area contributed by atoms with Crippen LogP contribution in [0.3, 0.4) is 0 Å². The van der Waals surface area contributed by atoms with Crippen LogP contribution in [-0.4, -0.2) is 13.1 Å². The standard InChI is InChI=1S/C13H10O4/c1-16-13(15)11-10(14)7-8-17-12(11)9-5-3-2-4-6-9/h2-8H,1H3. The molecule has 0 unspecified atom stereocenters. The molecule has 0 aliphatic carbocycles. The van der Waals surface area contributed by atoms with Crippen LogP contribution in [0.25, 0.3) is 11.3 Å². The fourth-order valence-corrected chi connectivity index (χ4v) is 1.52. The van der Waals surface area contributed by atoms with E-state index in [-0.39, 0.29) is 11.3 Å². The number of hydrogen-bond acceptors (Lipinski definition) is 4. The molecule has 0 spiro atoms. The van der Waals surface area contributed by atoms with E-state index in [0.717, 1.165) is 0 Å². The summed E-state index contributed by atoms with van der Waals surface area (Å²) in [6.45, 7) is 0. The molecule has 0 radical (unpaired) electrons. The second kappa shape index (κ2) is 4.65. The second-order valence-corrected chi connectivity index (χ2v) is 3.35. The van der Waals surface area contributed by atoms with Crippen molar-refractivity contribution in [1.29, 1.82) is 0 Å². The zero-order valence-corrected chi connectivity index (χ0v) is 9.17. The number of carbonyl (C=O) groups is 1. The number of ether oxygens (including phenoxy) is 1. The van der Waals surface area contributed by atoms with Crippen LogP contribution in [0, 0.1) is 0 Å². The lowest BCUT2D eigenvalue weighted by Crippen LogP contribution is -2.16. The van der Waals surface area contributed by atoms with Gasteiger partial charge < -0.3 is 9.15 Å². The fraction of sp³-hybridized carbons (Fsp3) is 0.0769. The third-order valence-electron chi connectivity index (χ3n) is 2.30. The summed E-state index contributed by atoms with van der Waals surface area (Å²) in [5, 5.41) is 0. The van der Waals surface area contributed by atoms with Crippen LogP contribution >= 0.6 is 0 Å². The van der Waals surface area contributed by atoms with Gasteiger partial charge in [0, 0.05) is 11.6 Å². The van der Waals surface area contributed by atoms with Crippen molar-refractivity contribution in [3.63, 3.8) is 0 Å². The van der Waals surface area contributed by atoms with Crippen molar-refractivity contribution in [3.05, 3.63) is 58.4 Å². The van der Waals surface area contributed by atoms with Gasteiger partial charge in [0.1, 0.15) is 0 Å². The number of carbonyl (C=O) groups excluding carboxylic acids is 1. The van der Waals surface area contributed by atoms with Crippen LogP contribution < -0.4 is 5.43 Å². The molecule has 4 nitrogen and oxygen atoms in total. The zero-order valence-electron chi connectivity index (χ0n) is 9.17. The van der Waals surface area contributed by atoms with Gasteiger partial charge in [-0.1, -0.05) is 30.3 Å². The average molecular weight is 230 g/mol. The van der Waals surface area contributed by atoms with E-state index in [4.69, 9.17) is 4.42 Å². The first-order chi connectivity index (χ1) is 8.24. The van der Waals surface area contributed by atoms with E-state index in [1.165, 1.54) is 19.4 Å². The summed E-state index contributed by atoms with van der Waals surface area (Å²) in [5.41, 5.74) is 0.161. The monoisotopic (exact) mass is 230 g/mol. The van der Waals surface area contributed by atoms with Crippen LogP contribution in [0.15, 0.2) is 51.9 Å². The van der Waals surface area contributed by atoms with Crippen LogP contribution in [0.1, 0.15) is 10.4 Å². The van der Waals surface area contributed by atoms with E-state index in [1.54, 1.807) is 24.3 Å². The Balaban J connectivity index is 2.67. The van der Waals surface area contributed by atoms with Crippen molar-refractivity contribution in [2.75, 3.05) is 7.11 Å². The first-order valence-electron chi connectivity index (χ1n) is 4.99. The summed E-state index contributed by atoms with van der Waals surface area (Å²) in [4.78, 5) is 23.2. The van der Waals surface area contributed by atoms with Crippen molar-refractivity contribution < 1.29 is 13.9 Å². The maximum absolute atomic E-state index is 11.7. The molecule has 0 aliphatic heterocycles. The fourth-order valence-electron chi connectivity index (χ4n) is 1.52. The highest BCUT2D eigenvalue weighted by molar-refractivity contribution is 5.95. The normalized spacial score (nSPS) is 9.94. The van der Waals surface area contributed by atoms with Gasteiger partial charge in [-0.25, -0.2) is 4.79 Å². The van der Waals surface area contributed by atoms with E-state index < -0.39 is 11.4 Å². The molecule has 2 rings (SSSR count). The van der Waals surface area contributed by atoms with Gasteiger partial charge in [0.05, 0.1) is 13.4 Å². The maximum Gasteiger partial charge on any atom is 0.345 e. The largest absolute Gasteiger partial charge is 0.465 e. The highest BCUT2D eigenvalue weighted by atomic mass is 16.5. The minimum atomic E-state index is -0.696. The number of rotatable bonds is 2. The van der Waals surface area contributed by atoms with Gasteiger partial charge in [0.15, 0.2) is 16.8 Å². The molecule has 2 aromatic rings. The van der Waals surface area contributed by atoms with Crippen LogP contribution in [0.2, 0.25) is 0 Å². The molecule has 0 amide bonds. The molecular formula is C13H10O4. The van der Waals surface area contributed by atoms with E-state index in [1.807, 2.05) is 6.07 Å². The molecule has 0 saturated heterocycles. The Hall–Kier alpha value is -2.36. The van der Waals surface area contributed by atoms with E-state index >= 15 is 0 Å². The lowest BCUT2D eigenvalue weighted by molar-refractivity contribution is 0.0598. The van der Waals surface area contributed by atoms with Crippen LogP contribution in [0.4, 0.5) is 0 Å². The molecule has 0 N–H and O–H groups in total. The van der Waals surface area contributed by atoms with Gasteiger partial charge in [0.2, 0.25) is 0 Å². The topological polar surface area (TPSA) is 56.5 Å². The average Bonchev–Trinajstić information content (AvgIpc) is 2.38. The third kappa shape index (κ3) is 2.10. The minimum absolute atomic E-state index is 0.0822. The lowest BCUT2D eigenvalue weighted by atomic mass is 10.1. The lowest BCUT2D eigenvalue weighted by Gasteiger charge is -2.05. The molecule has 86 valence electrons. The Kier molecular flexibility index (Phi) is 3.05. The van der Waals surface area contributed by atoms with E-state index in [9.17, 15) is 9.59 Å². The molecule has 0 saturated carbocycles. The van der Waals surface area contributed by atoms with Gasteiger partial charge in [-0.15, -0.1) is 0 Å². The first-order valence-corrected chi connectivity index (χ1v) is 4.99. The van der Waals surface area contributed by atoms with Crippen molar-refractivity contribution in [2.45, 2.75) is 0 Å². The molecule has 1 aromatic heterocycles. The Morgan fingerprint density at radius 3 is 2.53 bits per heavy atom. The van der Waals surface area contributed by atoms with Gasteiger partial charge in [-0.3, -0.25) is 4.79 Å². The summed E-state index contributed by atoms with van der Waals surface area (Å²) in [5.74, 6) is -0.469. The number of esters is 1. The van der Waals surface area contributed by atoms with E-state index in [0.29, 0.717) is 5.56 Å². The number of hydrogen-bond donors (Lipinski definition) is 0. The maximum atomic E-state index is 11.7. The predicted octanol–water partition coefficient (Wildman–Crippen LogP) is 2.09. The summed E-state index contributed by atoms with van der Waals surface area (Å²) in [7, 11) is 1.23. The molecule has 0 bridgehead atoms. The zero-order chi connectivity index (χ0) is 12.3. The molecule has 1 heterocycles. The van der Waals surface area contributed by atoms with Crippen molar-refractivity contribution >= 4 is 5.97 Å². The third-order valence-corrected chi connectivity index (χ3v) is 2.30. The van der Waals surface area contributed by atoms with E-state index in [2.05, 4.69) is 4.74 Å². The predicted molar refractivity (Wildman–Crippen MR) is 61.8 cm³/mol. The summed E-state index contributed by atoms with van der Waals surface area (Å²) >= 11 is 0. The van der Waals surface area contributed by atoms with Crippen molar-refractivity contribution in [1.82, 2.24) is 0 Å². The highest BCUT2D eigenvalue weighted by Crippen LogP contribution is 2.21. The Morgan fingerprint density at radius 1 is 1.18 bits per heavy atom. The van der Waals surface area contributed by atoms with Crippen LogP contribution in [0.5, 0.6) is 0 Å². The molecule has 0 aliphatic rings. The highest BCUT2D eigenvalue weighted by Gasteiger charge is 2.19. The van der Waals surface area contributed by atoms with Crippen molar-refractivity contribution in [2.24, 2.45) is 0 Å². The second-order valence-electron chi connectivity index (χ2n) is 3.35. The Bertz CT molecular complexity index is 584. The molecule has 4 heteroatoms. The van der Waals surface area contributed by atoms with Gasteiger partial charge in [-0.2, -0.15) is 0 Å². The van der Waals surface area contributed by atoms with Gasteiger partial charge in [-0.05, 0) is 0 Å². The number of benzene rings is 1. The summed E-state index contributed by atoms with van der Waals surface area (Å²) < 4.78 is 9.83. The van der Waals surface area contributed by atoms with Crippen molar-refractivity contribution in [3.8, 4) is 11.3 Å². The summed E-state index contributed by atoms with van der Waals surface area (Å²) in [6.07, 6.45) is 1.26. The molecule has 0 atom stereocenters. The first kappa shape index (κ1) is 11.1. The smallest absolute Gasteiger partial charge is 0.345 e.